The van der Waals surface area contributed by atoms with Gasteiger partial charge in [-0.15, -0.1) is 0 Å². The van der Waals surface area contributed by atoms with Crippen LogP contribution < -0.4 is 16.8 Å². The van der Waals surface area contributed by atoms with E-state index in [9.17, 15) is 9.59 Å². The van der Waals surface area contributed by atoms with Gasteiger partial charge in [0, 0.05) is 6.42 Å². The number of carbonyl (C=O) groups excluding carboxylic acids is 2. The molecule has 0 heterocycles. The standard InChI is InChI=1S/C12H25N3O2/c1-2-3-4-5-6-7-11(16)15-10(8-9-13)12(14)17/h10H,2-9,13H2,1H3,(H2,14,17)(H,15,16). The maximum Gasteiger partial charge on any atom is 0.240 e. The van der Waals surface area contributed by atoms with E-state index in [0.717, 1.165) is 19.3 Å². The number of hydrogen-bond acceptors (Lipinski definition) is 3. The minimum absolute atomic E-state index is 0.112. The third-order valence-electron chi connectivity index (χ3n) is 2.64. The average molecular weight is 243 g/mol. The van der Waals surface area contributed by atoms with E-state index in [-0.39, 0.29) is 5.91 Å². The van der Waals surface area contributed by atoms with Crippen LogP contribution in [0.2, 0.25) is 0 Å². The number of primary amides is 1. The van der Waals surface area contributed by atoms with Crippen LogP contribution in [-0.4, -0.2) is 24.4 Å². The van der Waals surface area contributed by atoms with E-state index in [1.807, 2.05) is 0 Å². The van der Waals surface area contributed by atoms with Gasteiger partial charge in [-0.3, -0.25) is 9.59 Å². The molecule has 0 aliphatic heterocycles. The Morgan fingerprint density at radius 1 is 1.18 bits per heavy atom. The topological polar surface area (TPSA) is 98.2 Å². The molecule has 1 atom stereocenters. The van der Waals surface area contributed by atoms with Gasteiger partial charge in [0.25, 0.3) is 0 Å². The molecule has 1 unspecified atom stereocenters. The summed E-state index contributed by atoms with van der Waals surface area (Å²) in [6.45, 7) is 2.49. The van der Waals surface area contributed by atoms with E-state index in [2.05, 4.69) is 12.2 Å². The minimum atomic E-state index is -0.622. The highest BCUT2D eigenvalue weighted by atomic mass is 16.2. The predicted octanol–water partition coefficient (Wildman–Crippen LogP) is 0.666. The molecule has 0 aromatic carbocycles. The highest BCUT2D eigenvalue weighted by molar-refractivity contribution is 5.86. The van der Waals surface area contributed by atoms with Crippen LogP contribution in [0.1, 0.15) is 51.9 Å². The summed E-state index contributed by atoms with van der Waals surface area (Å²) in [7, 11) is 0. The molecule has 2 amide bonds. The van der Waals surface area contributed by atoms with Crippen molar-refractivity contribution in [2.45, 2.75) is 57.9 Å². The SMILES string of the molecule is CCCCCCCC(=O)NC(CCN)C(N)=O. The number of rotatable bonds is 10. The molecule has 0 aromatic heterocycles. The predicted molar refractivity (Wildman–Crippen MR) is 68.2 cm³/mol. The third kappa shape index (κ3) is 8.68. The lowest BCUT2D eigenvalue weighted by Gasteiger charge is -2.14. The molecule has 0 radical (unpaired) electrons. The molecule has 0 bridgehead atoms. The van der Waals surface area contributed by atoms with Gasteiger partial charge in [-0.05, 0) is 19.4 Å². The minimum Gasteiger partial charge on any atom is -0.368 e. The van der Waals surface area contributed by atoms with Gasteiger partial charge in [0.2, 0.25) is 11.8 Å². The monoisotopic (exact) mass is 243 g/mol. The van der Waals surface area contributed by atoms with Crippen LogP contribution in [-0.2, 0) is 9.59 Å². The number of nitrogens with one attached hydrogen (secondary N) is 1. The zero-order chi connectivity index (χ0) is 13.1. The fourth-order valence-corrected chi connectivity index (χ4v) is 1.61. The van der Waals surface area contributed by atoms with Crippen molar-refractivity contribution in [1.82, 2.24) is 5.32 Å². The Bertz CT molecular complexity index is 232. The molecular formula is C12H25N3O2. The first-order valence-electron chi connectivity index (χ1n) is 6.40. The Kier molecular flexibility index (Phi) is 9.43. The molecule has 5 N–H and O–H groups in total. The van der Waals surface area contributed by atoms with E-state index < -0.39 is 11.9 Å². The van der Waals surface area contributed by atoms with E-state index in [1.54, 1.807) is 0 Å². The maximum atomic E-state index is 11.5. The number of amides is 2. The van der Waals surface area contributed by atoms with Gasteiger partial charge >= 0.3 is 0 Å². The van der Waals surface area contributed by atoms with Gasteiger partial charge in [-0.1, -0.05) is 32.6 Å². The van der Waals surface area contributed by atoms with Crippen LogP contribution in [0.5, 0.6) is 0 Å². The fraction of sp³-hybridized carbons (Fsp3) is 0.833. The average Bonchev–Trinajstić information content (AvgIpc) is 2.28. The maximum absolute atomic E-state index is 11.5. The van der Waals surface area contributed by atoms with Crippen molar-refractivity contribution in [3.05, 3.63) is 0 Å². The zero-order valence-electron chi connectivity index (χ0n) is 10.7. The molecule has 5 nitrogen and oxygen atoms in total. The Morgan fingerprint density at radius 3 is 2.35 bits per heavy atom. The number of hydrogen-bond donors (Lipinski definition) is 3. The molecule has 0 saturated heterocycles. The molecule has 5 heteroatoms. The molecule has 0 fully saturated rings. The lowest BCUT2D eigenvalue weighted by molar-refractivity contribution is -0.127. The van der Waals surface area contributed by atoms with Crippen LogP contribution in [0.3, 0.4) is 0 Å². The Balaban J connectivity index is 3.71. The van der Waals surface area contributed by atoms with Gasteiger partial charge in [0.05, 0.1) is 0 Å². The molecule has 0 rings (SSSR count). The number of carbonyl (C=O) groups is 2. The molecule has 17 heavy (non-hydrogen) atoms. The third-order valence-corrected chi connectivity index (χ3v) is 2.64. The van der Waals surface area contributed by atoms with Gasteiger partial charge in [0.15, 0.2) is 0 Å². The summed E-state index contributed by atoms with van der Waals surface area (Å²) in [5.74, 6) is -0.631. The summed E-state index contributed by atoms with van der Waals surface area (Å²) in [6.07, 6.45) is 6.32. The highest BCUT2D eigenvalue weighted by Crippen LogP contribution is 2.05. The second-order valence-corrected chi connectivity index (χ2v) is 4.26. The second kappa shape index (κ2) is 10.1. The van der Waals surface area contributed by atoms with Gasteiger partial charge in [0.1, 0.15) is 6.04 Å². The van der Waals surface area contributed by atoms with Gasteiger partial charge in [-0.25, -0.2) is 0 Å². The molecule has 100 valence electrons. The zero-order valence-corrected chi connectivity index (χ0v) is 10.7. The van der Waals surface area contributed by atoms with Crippen molar-refractivity contribution in [2.75, 3.05) is 6.54 Å². The lowest BCUT2D eigenvalue weighted by atomic mass is 10.1. The number of unbranched alkanes of at least 4 members (excludes halogenated alkanes) is 4. The van der Waals surface area contributed by atoms with Crippen molar-refractivity contribution in [3.63, 3.8) is 0 Å². The highest BCUT2D eigenvalue weighted by Gasteiger charge is 2.16. The largest absolute Gasteiger partial charge is 0.368 e. The first-order chi connectivity index (χ1) is 8.11. The van der Waals surface area contributed by atoms with Crippen LogP contribution in [0.4, 0.5) is 0 Å². The smallest absolute Gasteiger partial charge is 0.240 e. The summed E-state index contributed by atoms with van der Waals surface area (Å²) < 4.78 is 0. The fourth-order valence-electron chi connectivity index (χ4n) is 1.61. The van der Waals surface area contributed by atoms with Crippen molar-refractivity contribution >= 4 is 11.8 Å². The van der Waals surface area contributed by atoms with E-state index in [1.165, 1.54) is 12.8 Å². The Hall–Kier alpha value is -1.10. The molecule has 0 aliphatic rings. The van der Waals surface area contributed by atoms with Crippen molar-refractivity contribution in [2.24, 2.45) is 11.5 Å². The van der Waals surface area contributed by atoms with Crippen molar-refractivity contribution in [1.29, 1.82) is 0 Å². The summed E-state index contributed by atoms with van der Waals surface area (Å²) in [5, 5.41) is 2.61. The summed E-state index contributed by atoms with van der Waals surface area (Å²) in [5.41, 5.74) is 10.5. The first-order valence-corrected chi connectivity index (χ1v) is 6.40. The number of nitrogens with two attached hydrogens (primary N) is 2. The van der Waals surface area contributed by atoms with Crippen LogP contribution in [0, 0.1) is 0 Å². The Labute approximate surface area is 103 Å². The molecular weight excluding hydrogens is 218 g/mol. The van der Waals surface area contributed by atoms with Crippen LogP contribution >= 0.6 is 0 Å². The van der Waals surface area contributed by atoms with E-state index in [4.69, 9.17) is 11.5 Å². The quantitative estimate of drug-likeness (QED) is 0.492. The van der Waals surface area contributed by atoms with Gasteiger partial charge < -0.3 is 16.8 Å². The van der Waals surface area contributed by atoms with Crippen LogP contribution in [0.25, 0.3) is 0 Å². The summed E-state index contributed by atoms with van der Waals surface area (Å²) in [4.78, 5) is 22.5. The normalized spacial score (nSPS) is 12.1. The molecule has 0 saturated carbocycles. The first kappa shape index (κ1) is 15.9. The lowest BCUT2D eigenvalue weighted by Crippen LogP contribution is -2.45. The van der Waals surface area contributed by atoms with E-state index >= 15 is 0 Å². The van der Waals surface area contributed by atoms with Crippen molar-refractivity contribution in [3.8, 4) is 0 Å². The molecule has 0 aromatic rings. The summed E-state index contributed by atoms with van der Waals surface area (Å²) in [6, 6.07) is -0.622. The molecule has 0 aliphatic carbocycles. The van der Waals surface area contributed by atoms with Crippen LogP contribution in [0.15, 0.2) is 0 Å². The van der Waals surface area contributed by atoms with E-state index in [0.29, 0.717) is 19.4 Å². The van der Waals surface area contributed by atoms with Gasteiger partial charge in [-0.2, -0.15) is 0 Å². The molecule has 0 spiro atoms. The Morgan fingerprint density at radius 2 is 1.82 bits per heavy atom. The summed E-state index contributed by atoms with van der Waals surface area (Å²) >= 11 is 0. The second-order valence-electron chi connectivity index (χ2n) is 4.26. The van der Waals surface area contributed by atoms with Crippen molar-refractivity contribution < 1.29 is 9.59 Å².